The zero-order chi connectivity index (χ0) is 19.7. The van der Waals surface area contributed by atoms with Crippen molar-refractivity contribution in [3.63, 3.8) is 0 Å². The number of fused-ring (bicyclic) bond motifs is 2. The number of hydrogen-bond acceptors (Lipinski definition) is 4. The van der Waals surface area contributed by atoms with Gasteiger partial charge in [-0.25, -0.2) is 0 Å². The minimum atomic E-state index is 0.184. The van der Waals surface area contributed by atoms with Crippen LogP contribution in [0.2, 0.25) is 0 Å². The van der Waals surface area contributed by atoms with Crippen molar-refractivity contribution in [2.45, 2.75) is 19.3 Å². The molecule has 0 N–H and O–H groups in total. The smallest absolute Gasteiger partial charge is 0.161 e. The van der Waals surface area contributed by atoms with Crippen molar-refractivity contribution >= 4 is 16.5 Å². The largest absolute Gasteiger partial charge is 0.497 e. The van der Waals surface area contributed by atoms with Crippen molar-refractivity contribution < 1.29 is 14.2 Å². The van der Waals surface area contributed by atoms with Crippen LogP contribution in [0.3, 0.4) is 0 Å². The van der Waals surface area contributed by atoms with Gasteiger partial charge < -0.3 is 14.2 Å². The van der Waals surface area contributed by atoms with Gasteiger partial charge in [0.1, 0.15) is 5.75 Å². The third-order valence-electron chi connectivity index (χ3n) is 5.53. The number of hydrogen-bond donors (Lipinski definition) is 0. The summed E-state index contributed by atoms with van der Waals surface area (Å²) >= 11 is 0. The van der Waals surface area contributed by atoms with Gasteiger partial charge in [0.25, 0.3) is 0 Å². The summed E-state index contributed by atoms with van der Waals surface area (Å²) in [7, 11) is 5.04. The van der Waals surface area contributed by atoms with Gasteiger partial charge in [-0.3, -0.25) is 4.99 Å². The van der Waals surface area contributed by atoms with Gasteiger partial charge in [0, 0.05) is 23.7 Å². The molecule has 1 aliphatic rings. The molecule has 0 aromatic heterocycles. The Balaban J connectivity index is 1.73. The lowest BCUT2D eigenvalue weighted by Crippen LogP contribution is -2.19. The molecule has 1 atom stereocenters. The zero-order valence-corrected chi connectivity index (χ0v) is 16.8. The molecule has 4 nitrogen and oxygen atoms in total. The molecule has 0 aliphatic carbocycles. The summed E-state index contributed by atoms with van der Waals surface area (Å²) in [5.41, 5.74) is 4.78. The SMILES string of the molecule is COc1ccc2cc(C(C)C3=NCCc4cc(OC)c(OC)cc43)ccc2c1. The quantitative estimate of drug-likeness (QED) is 0.629. The molecule has 3 aromatic carbocycles. The van der Waals surface area contributed by atoms with Crippen LogP contribution in [-0.4, -0.2) is 33.6 Å². The predicted octanol–water partition coefficient (Wildman–Crippen LogP) is 5.01. The Hall–Kier alpha value is -3.01. The second kappa shape index (κ2) is 7.55. The average Bonchev–Trinajstić information content (AvgIpc) is 2.76. The van der Waals surface area contributed by atoms with E-state index in [1.165, 1.54) is 21.9 Å². The lowest BCUT2D eigenvalue weighted by Gasteiger charge is -2.24. The Labute approximate surface area is 165 Å². The van der Waals surface area contributed by atoms with Gasteiger partial charge in [-0.1, -0.05) is 31.2 Å². The summed E-state index contributed by atoms with van der Waals surface area (Å²) < 4.78 is 16.3. The van der Waals surface area contributed by atoms with Gasteiger partial charge in [0.05, 0.1) is 21.3 Å². The molecule has 1 aliphatic heterocycles. The molecular formula is C24H25NO3. The Morgan fingerprint density at radius 2 is 1.54 bits per heavy atom. The first kappa shape index (κ1) is 18.4. The molecule has 1 heterocycles. The number of methoxy groups -OCH3 is 3. The van der Waals surface area contributed by atoms with Crippen molar-refractivity contribution in [2.24, 2.45) is 4.99 Å². The standard InChI is InChI=1S/C24H25NO3/c1-15(16-5-6-18-12-20(26-2)8-7-17(18)11-16)24-21-14-23(28-4)22(27-3)13-19(21)9-10-25-24/h5-8,11-15H,9-10H2,1-4H3. The highest BCUT2D eigenvalue weighted by Crippen LogP contribution is 2.36. The lowest BCUT2D eigenvalue weighted by atomic mass is 9.86. The van der Waals surface area contributed by atoms with Crippen molar-refractivity contribution in [1.29, 1.82) is 0 Å². The molecule has 0 bridgehead atoms. The van der Waals surface area contributed by atoms with Gasteiger partial charge >= 0.3 is 0 Å². The maximum absolute atomic E-state index is 5.52. The first-order valence-electron chi connectivity index (χ1n) is 9.52. The second-order valence-corrected chi connectivity index (χ2v) is 7.08. The van der Waals surface area contributed by atoms with E-state index in [9.17, 15) is 0 Å². The number of ether oxygens (including phenoxy) is 3. The van der Waals surface area contributed by atoms with Crippen molar-refractivity contribution in [3.05, 3.63) is 65.2 Å². The van der Waals surface area contributed by atoms with Crippen molar-refractivity contribution in [2.75, 3.05) is 27.9 Å². The number of aliphatic imine (C=N–C) groups is 1. The van der Waals surface area contributed by atoms with Crippen LogP contribution in [0.1, 0.15) is 29.5 Å². The molecule has 3 aromatic rings. The first-order valence-corrected chi connectivity index (χ1v) is 9.52. The molecule has 0 saturated heterocycles. The van der Waals surface area contributed by atoms with Crippen LogP contribution >= 0.6 is 0 Å². The Morgan fingerprint density at radius 1 is 0.821 bits per heavy atom. The highest BCUT2D eigenvalue weighted by atomic mass is 16.5. The summed E-state index contributed by atoms with van der Waals surface area (Å²) in [5.74, 6) is 2.58. The normalized spacial score (nSPS) is 14.2. The monoisotopic (exact) mass is 375 g/mol. The molecule has 1 unspecified atom stereocenters. The Kier molecular flexibility index (Phi) is 4.95. The van der Waals surface area contributed by atoms with Crippen LogP contribution in [0, 0.1) is 0 Å². The molecule has 0 fully saturated rings. The van der Waals surface area contributed by atoms with E-state index in [4.69, 9.17) is 19.2 Å². The number of benzene rings is 3. The molecule has 0 radical (unpaired) electrons. The van der Waals surface area contributed by atoms with Crippen LogP contribution in [-0.2, 0) is 6.42 Å². The van der Waals surface area contributed by atoms with Gasteiger partial charge in [-0.2, -0.15) is 0 Å². The second-order valence-electron chi connectivity index (χ2n) is 7.08. The van der Waals surface area contributed by atoms with E-state index in [1.807, 2.05) is 6.07 Å². The lowest BCUT2D eigenvalue weighted by molar-refractivity contribution is 0.354. The Bertz CT molecular complexity index is 1060. The van der Waals surface area contributed by atoms with Crippen LogP contribution in [0.4, 0.5) is 0 Å². The van der Waals surface area contributed by atoms with Crippen LogP contribution in [0.5, 0.6) is 17.2 Å². The predicted molar refractivity (Wildman–Crippen MR) is 114 cm³/mol. The minimum Gasteiger partial charge on any atom is -0.497 e. The minimum absolute atomic E-state index is 0.184. The molecule has 4 heteroatoms. The van der Waals surface area contributed by atoms with E-state index >= 15 is 0 Å². The van der Waals surface area contributed by atoms with Crippen LogP contribution in [0.25, 0.3) is 10.8 Å². The number of nitrogens with zero attached hydrogens (tertiary/aromatic N) is 1. The summed E-state index contributed by atoms with van der Waals surface area (Å²) in [4.78, 5) is 4.89. The molecule has 0 amide bonds. The highest BCUT2D eigenvalue weighted by Gasteiger charge is 2.23. The van der Waals surface area contributed by atoms with E-state index < -0.39 is 0 Å². The van der Waals surface area contributed by atoms with Gasteiger partial charge in [-0.15, -0.1) is 0 Å². The number of rotatable bonds is 5. The van der Waals surface area contributed by atoms with E-state index in [-0.39, 0.29) is 5.92 Å². The van der Waals surface area contributed by atoms with Gasteiger partial charge in [-0.05, 0) is 52.6 Å². The maximum Gasteiger partial charge on any atom is 0.161 e. The van der Waals surface area contributed by atoms with Gasteiger partial charge in [0.2, 0.25) is 0 Å². The average molecular weight is 375 g/mol. The third-order valence-corrected chi connectivity index (χ3v) is 5.53. The topological polar surface area (TPSA) is 40.0 Å². The molecular weight excluding hydrogens is 350 g/mol. The van der Waals surface area contributed by atoms with Crippen LogP contribution in [0.15, 0.2) is 53.5 Å². The maximum atomic E-state index is 5.52. The fraction of sp³-hybridized carbons (Fsp3) is 0.292. The molecule has 0 spiro atoms. The van der Waals surface area contributed by atoms with E-state index in [1.54, 1.807) is 21.3 Å². The molecule has 4 rings (SSSR count). The van der Waals surface area contributed by atoms with Crippen LogP contribution < -0.4 is 14.2 Å². The molecule has 0 saturated carbocycles. The first-order chi connectivity index (χ1) is 13.6. The summed E-state index contributed by atoms with van der Waals surface area (Å²) in [5, 5.41) is 2.38. The Morgan fingerprint density at radius 3 is 2.29 bits per heavy atom. The molecule has 144 valence electrons. The van der Waals surface area contributed by atoms with E-state index in [2.05, 4.69) is 49.4 Å². The summed E-state index contributed by atoms with van der Waals surface area (Å²) in [6.07, 6.45) is 0.920. The fourth-order valence-corrected chi connectivity index (χ4v) is 3.92. The van der Waals surface area contributed by atoms with E-state index in [0.717, 1.165) is 41.5 Å². The summed E-state index contributed by atoms with van der Waals surface area (Å²) in [6.45, 7) is 3.02. The fourth-order valence-electron chi connectivity index (χ4n) is 3.92. The zero-order valence-electron chi connectivity index (χ0n) is 16.8. The van der Waals surface area contributed by atoms with Crippen molar-refractivity contribution in [1.82, 2.24) is 0 Å². The highest BCUT2D eigenvalue weighted by molar-refractivity contribution is 6.07. The molecule has 28 heavy (non-hydrogen) atoms. The van der Waals surface area contributed by atoms with E-state index in [0.29, 0.717) is 0 Å². The van der Waals surface area contributed by atoms with Gasteiger partial charge in [0.15, 0.2) is 11.5 Å². The third kappa shape index (κ3) is 3.19. The summed E-state index contributed by atoms with van der Waals surface area (Å²) in [6, 6.07) is 16.9. The van der Waals surface area contributed by atoms with Crippen molar-refractivity contribution in [3.8, 4) is 17.2 Å².